The van der Waals surface area contributed by atoms with Crippen LogP contribution in [0.1, 0.15) is 41.8 Å². The summed E-state index contributed by atoms with van der Waals surface area (Å²) in [6.45, 7) is 9.38. The van der Waals surface area contributed by atoms with E-state index in [0.29, 0.717) is 18.5 Å². The minimum atomic E-state index is -3.58. The second kappa shape index (κ2) is 11.0. The van der Waals surface area contributed by atoms with Crippen molar-refractivity contribution in [1.29, 1.82) is 0 Å². The molecule has 0 spiro atoms. The van der Waals surface area contributed by atoms with Crippen LogP contribution in [-0.4, -0.2) is 63.4 Å². The Kier molecular flexibility index (Phi) is 8.42. The lowest BCUT2D eigenvalue weighted by Gasteiger charge is -2.32. The van der Waals surface area contributed by atoms with Crippen molar-refractivity contribution >= 4 is 15.9 Å². The summed E-state index contributed by atoms with van der Waals surface area (Å²) < 4.78 is 27.4. The SMILES string of the molecule is CCC(C)NS(=O)(=O)c1ccc(C(=O)NCc2cccc(CN3CCN(C)CC3)c2)cc1. The minimum Gasteiger partial charge on any atom is -0.348 e. The number of amides is 1. The Hall–Kier alpha value is -2.26. The highest BCUT2D eigenvalue weighted by Crippen LogP contribution is 2.13. The number of benzene rings is 2. The van der Waals surface area contributed by atoms with E-state index in [0.717, 1.165) is 38.3 Å². The number of hydrogen-bond donors (Lipinski definition) is 2. The summed E-state index contributed by atoms with van der Waals surface area (Å²) in [5.74, 6) is -0.228. The average Bonchev–Trinajstić information content (AvgIpc) is 2.79. The van der Waals surface area contributed by atoms with Crippen molar-refractivity contribution < 1.29 is 13.2 Å². The van der Waals surface area contributed by atoms with Gasteiger partial charge in [0, 0.05) is 50.9 Å². The predicted octanol–water partition coefficient (Wildman–Crippen LogP) is 2.44. The van der Waals surface area contributed by atoms with E-state index in [9.17, 15) is 13.2 Å². The van der Waals surface area contributed by atoms with Crippen LogP contribution < -0.4 is 10.0 Å². The Morgan fingerprint density at radius 3 is 2.34 bits per heavy atom. The summed E-state index contributed by atoms with van der Waals surface area (Å²) in [5.41, 5.74) is 2.72. The molecule has 1 aliphatic rings. The first kappa shape index (κ1) is 24.4. The molecule has 0 bridgehead atoms. The number of piperazine rings is 1. The molecule has 0 aliphatic carbocycles. The number of rotatable bonds is 9. The summed E-state index contributed by atoms with van der Waals surface area (Å²) >= 11 is 0. The number of carbonyl (C=O) groups is 1. The zero-order valence-electron chi connectivity index (χ0n) is 19.2. The van der Waals surface area contributed by atoms with Crippen LogP contribution in [0, 0.1) is 0 Å². The molecule has 1 amide bonds. The number of nitrogens with one attached hydrogen (secondary N) is 2. The van der Waals surface area contributed by atoms with Gasteiger partial charge in [-0.2, -0.15) is 0 Å². The van der Waals surface area contributed by atoms with E-state index in [1.165, 1.54) is 17.7 Å². The number of sulfonamides is 1. The molecule has 1 fully saturated rings. The van der Waals surface area contributed by atoms with Crippen molar-refractivity contribution in [1.82, 2.24) is 19.8 Å². The van der Waals surface area contributed by atoms with E-state index in [1.54, 1.807) is 12.1 Å². The van der Waals surface area contributed by atoms with Gasteiger partial charge in [0.2, 0.25) is 10.0 Å². The Morgan fingerprint density at radius 1 is 1.03 bits per heavy atom. The van der Waals surface area contributed by atoms with Gasteiger partial charge in [-0.25, -0.2) is 13.1 Å². The Labute approximate surface area is 191 Å². The lowest BCUT2D eigenvalue weighted by Crippen LogP contribution is -2.43. The topological polar surface area (TPSA) is 81.7 Å². The fourth-order valence-electron chi connectivity index (χ4n) is 3.59. The average molecular weight is 459 g/mol. The van der Waals surface area contributed by atoms with Crippen LogP contribution in [0.2, 0.25) is 0 Å². The van der Waals surface area contributed by atoms with Gasteiger partial charge in [-0.05, 0) is 55.8 Å². The van der Waals surface area contributed by atoms with Gasteiger partial charge < -0.3 is 10.2 Å². The Bertz CT molecular complexity index is 1000. The molecule has 7 nitrogen and oxygen atoms in total. The molecule has 2 N–H and O–H groups in total. The van der Waals surface area contributed by atoms with Crippen molar-refractivity contribution in [3.8, 4) is 0 Å². The smallest absolute Gasteiger partial charge is 0.251 e. The highest BCUT2D eigenvalue weighted by Gasteiger charge is 2.17. The molecular weight excluding hydrogens is 424 g/mol. The first-order valence-corrected chi connectivity index (χ1v) is 12.6. The summed E-state index contributed by atoms with van der Waals surface area (Å²) in [6, 6.07) is 14.2. The molecule has 2 aromatic rings. The molecular formula is C24H34N4O3S. The Morgan fingerprint density at radius 2 is 1.69 bits per heavy atom. The number of carbonyl (C=O) groups excluding carboxylic acids is 1. The van der Waals surface area contributed by atoms with Crippen molar-refractivity contribution in [3.05, 3.63) is 65.2 Å². The van der Waals surface area contributed by atoms with E-state index in [1.807, 2.05) is 26.0 Å². The third kappa shape index (κ3) is 6.87. The van der Waals surface area contributed by atoms with Gasteiger partial charge in [-0.1, -0.05) is 31.2 Å². The molecule has 8 heteroatoms. The molecule has 1 atom stereocenters. The zero-order chi connectivity index (χ0) is 23.1. The molecule has 1 unspecified atom stereocenters. The van der Waals surface area contributed by atoms with Crippen LogP contribution in [0.4, 0.5) is 0 Å². The van der Waals surface area contributed by atoms with Crippen molar-refractivity contribution in [2.45, 2.75) is 44.3 Å². The lowest BCUT2D eigenvalue weighted by atomic mass is 10.1. The van der Waals surface area contributed by atoms with Gasteiger partial charge in [-0.15, -0.1) is 0 Å². The molecule has 0 radical (unpaired) electrons. The van der Waals surface area contributed by atoms with Crippen LogP contribution in [0.25, 0.3) is 0 Å². The lowest BCUT2D eigenvalue weighted by molar-refractivity contribution is 0.0950. The maximum absolute atomic E-state index is 12.5. The highest BCUT2D eigenvalue weighted by molar-refractivity contribution is 7.89. The maximum Gasteiger partial charge on any atom is 0.251 e. The van der Waals surface area contributed by atoms with Crippen molar-refractivity contribution in [2.24, 2.45) is 0 Å². The van der Waals surface area contributed by atoms with Crippen molar-refractivity contribution in [3.63, 3.8) is 0 Å². The van der Waals surface area contributed by atoms with Crippen LogP contribution in [0.3, 0.4) is 0 Å². The van der Waals surface area contributed by atoms with E-state index >= 15 is 0 Å². The molecule has 0 saturated carbocycles. The molecule has 3 rings (SSSR count). The largest absolute Gasteiger partial charge is 0.348 e. The fourth-order valence-corrected chi connectivity index (χ4v) is 4.92. The number of nitrogens with zero attached hydrogens (tertiary/aromatic N) is 2. The molecule has 1 heterocycles. The summed E-state index contributed by atoms with van der Waals surface area (Å²) in [4.78, 5) is 17.5. The molecule has 174 valence electrons. The highest BCUT2D eigenvalue weighted by atomic mass is 32.2. The molecule has 1 aliphatic heterocycles. The van der Waals surface area contributed by atoms with E-state index in [2.05, 4.69) is 39.0 Å². The van der Waals surface area contributed by atoms with E-state index in [4.69, 9.17) is 0 Å². The second-order valence-corrected chi connectivity index (χ2v) is 10.3. The zero-order valence-corrected chi connectivity index (χ0v) is 20.0. The first-order chi connectivity index (χ1) is 15.3. The predicted molar refractivity (Wildman–Crippen MR) is 127 cm³/mol. The quantitative estimate of drug-likeness (QED) is 0.603. The van der Waals surface area contributed by atoms with E-state index < -0.39 is 10.0 Å². The molecule has 1 saturated heterocycles. The van der Waals surface area contributed by atoms with Crippen LogP contribution in [-0.2, 0) is 23.1 Å². The van der Waals surface area contributed by atoms with Gasteiger partial charge in [0.1, 0.15) is 0 Å². The first-order valence-electron chi connectivity index (χ1n) is 11.2. The normalized spacial score (nSPS) is 16.6. The summed E-state index contributed by atoms with van der Waals surface area (Å²) in [5, 5.41) is 2.93. The third-order valence-corrected chi connectivity index (χ3v) is 7.45. The Balaban J connectivity index is 1.55. The second-order valence-electron chi connectivity index (χ2n) is 8.54. The fraction of sp³-hybridized carbons (Fsp3) is 0.458. The molecule has 32 heavy (non-hydrogen) atoms. The van der Waals surface area contributed by atoms with Crippen LogP contribution in [0.15, 0.2) is 53.4 Å². The monoisotopic (exact) mass is 458 g/mol. The number of hydrogen-bond acceptors (Lipinski definition) is 5. The van der Waals surface area contributed by atoms with Gasteiger partial charge in [0.15, 0.2) is 0 Å². The standard InChI is InChI=1S/C24H34N4O3S/c1-4-19(2)26-32(30,31)23-10-8-22(9-11-23)24(29)25-17-20-6-5-7-21(16-20)18-28-14-12-27(3)13-15-28/h5-11,16,19,26H,4,12-15,17-18H2,1-3H3,(H,25,29). The van der Waals surface area contributed by atoms with Gasteiger partial charge in [-0.3, -0.25) is 9.69 Å². The van der Waals surface area contributed by atoms with Gasteiger partial charge in [0.05, 0.1) is 4.90 Å². The minimum absolute atomic E-state index is 0.144. The molecule has 2 aromatic carbocycles. The van der Waals surface area contributed by atoms with Gasteiger partial charge in [0.25, 0.3) is 5.91 Å². The van der Waals surface area contributed by atoms with Crippen LogP contribution in [0.5, 0.6) is 0 Å². The van der Waals surface area contributed by atoms with E-state index in [-0.39, 0.29) is 16.8 Å². The van der Waals surface area contributed by atoms with Crippen molar-refractivity contribution in [2.75, 3.05) is 33.2 Å². The summed E-state index contributed by atoms with van der Waals surface area (Å²) in [7, 11) is -1.43. The summed E-state index contributed by atoms with van der Waals surface area (Å²) in [6.07, 6.45) is 0.705. The van der Waals surface area contributed by atoms with Crippen LogP contribution >= 0.6 is 0 Å². The maximum atomic E-state index is 12.5. The third-order valence-electron chi connectivity index (χ3n) is 5.84. The number of likely N-dealkylation sites (N-methyl/N-ethyl adjacent to an activating group) is 1. The van der Waals surface area contributed by atoms with Gasteiger partial charge >= 0.3 is 0 Å². The molecule has 0 aromatic heterocycles.